The number of hydrogen-bond donors (Lipinski definition) is 2. The third-order valence-electron chi connectivity index (χ3n) is 2.89. The molecule has 0 unspecified atom stereocenters. The molecule has 0 saturated heterocycles. The van der Waals surface area contributed by atoms with Crippen molar-refractivity contribution < 1.29 is 0 Å². The lowest BCUT2D eigenvalue weighted by Crippen LogP contribution is -2.04. The summed E-state index contributed by atoms with van der Waals surface area (Å²) in [6.07, 6.45) is 1.72. The first-order valence-corrected chi connectivity index (χ1v) is 6.43. The molecule has 0 radical (unpaired) electrons. The molecule has 4 heteroatoms. The van der Waals surface area contributed by atoms with Gasteiger partial charge in [-0.2, -0.15) is 0 Å². The molecule has 2 aromatic rings. The second kappa shape index (κ2) is 4.53. The van der Waals surface area contributed by atoms with Gasteiger partial charge in [0.05, 0.1) is 23.1 Å². The first-order chi connectivity index (χ1) is 8.06. The van der Waals surface area contributed by atoms with E-state index in [-0.39, 0.29) is 0 Å². The Morgan fingerprint density at radius 3 is 2.76 bits per heavy atom. The number of anilines is 2. The molecular weight excluding hydrogens is 278 g/mol. The summed E-state index contributed by atoms with van der Waals surface area (Å²) in [5, 5.41) is 4.42. The Hall–Kier alpha value is -1.29. The normalized spacial score (nSPS) is 10.8. The summed E-state index contributed by atoms with van der Waals surface area (Å²) in [5.74, 6) is 0. The smallest absolute Gasteiger partial charge is 0.0743 e. The molecule has 0 aliphatic heterocycles. The molecule has 0 spiro atoms. The van der Waals surface area contributed by atoms with E-state index in [1.54, 1.807) is 6.20 Å². The SMILES string of the molecule is CCNc1c(N)cnc2cc(C)c(Br)c(C)c12. The topological polar surface area (TPSA) is 50.9 Å². The molecule has 3 N–H and O–H groups in total. The maximum absolute atomic E-state index is 5.99. The maximum atomic E-state index is 5.99. The van der Waals surface area contributed by atoms with Crippen molar-refractivity contribution in [1.82, 2.24) is 4.98 Å². The van der Waals surface area contributed by atoms with Crippen LogP contribution in [0.5, 0.6) is 0 Å². The van der Waals surface area contributed by atoms with Gasteiger partial charge in [0.1, 0.15) is 0 Å². The van der Waals surface area contributed by atoms with E-state index in [9.17, 15) is 0 Å². The number of nitrogen functional groups attached to an aromatic ring is 1. The maximum Gasteiger partial charge on any atom is 0.0743 e. The van der Waals surface area contributed by atoms with Crippen LogP contribution in [0.1, 0.15) is 18.1 Å². The number of hydrogen-bond acceptors (Lipinski definition) is 3. The number of nitrogens with two attached hydrogens (primary N) is 1. The predicted molar refractivity (Wildman–Crippen MR) is 77.5 cm³/mol. The zero-order valence-corrected chi connectivity index (χ0v) is 11.9. The summed E-state index contributed by atoms with van der Waals surface area (Å²) in [6, 6.07) is 2.08. The Labute approximate surface area is 110 Å². The first kappa shape index (κ1) is 12.2. The van der Waals surface area contributed by atoms with E-state index < -0.39 is 0 Å². The quantitative estimate of drug-likeness (QED) is 0.889. The fourth-order valence-electron chi connectivity index (χ4n) is 2.07. The summed E-state index contributed by atoms with van der Waals surface area (Å²) in [6.45, 7) is 7.06. The second-order valence-electron chi connectivity index (χ2n) is 4.15. The molecular formula is C13H16BrN3. The van der Waals surface area contributed by atoms with E-state index in [1.807, 2.05) is 0 Å². The molecule has 0 aliphatic carbocycles. The van der Waals surface area contributed by atoms with Crippen LogP contribution in [0.15, 0.2) is 16.7 Å². The zero-order valence-electron chi connectivity index (χ0n) is 10.3. The van der Waals surface area contributed by atoms with Crippen LogP contribution < -0.4 is 11.1 Å². The minimum atomic E-state index is 0.693. The van der Waals surface area contributed by atoms with Crippen molar-refractivity contribution in [2.75, 3.05) is 17.6 Å². The van der Waals surface area contributed by atoms with Crippen molar-refractivity contribution in [3.05, 3.63) is 27.9 Å². The van der Waals surface area contributed by atoms with Crippen LogP contribution in [0.2, 0.25) is 0 Å². The largest absolute Gasteiger partial charge is 0.396 e. The molecule has 1 aromatic carbocycles. The van der Waals surface area contributed by atoms with E-state index in [1.165, 1.54) is 11.1 Å². The first-order valence-electron chi connectivity index (χ1n) is 5.64. The Balaban J connectivity index is 2.87. The van der Waals surface area contributed by atoms with Crippen molar-refractivity contribution in [3.8, 4) is 0 Å². The second-order valence-corrected chi connectivity index (χ2v) is 4.94. The molecule has 2 rings (SSSR count). The lowest BCUT2D eigenvalue weighted by molar-refractivity contribution is 1.21. The lowest BCUT2D eigenvalue weighted by Gasteiger charge is -2.14. The van der Waals surface area contributed by atoms with E-state index in [0.29, 0.717) is 5.69 Å². The van der Waals surface area contributed by atoms with Crippen molar-refractivity contribution in [1.29, 1.82) is 0 Å². The van der Waals surface area contributed by atoms with Crippen molar-refractivity contribution >= 4 is 38.2 Å². The van der Waals surface area contributed by atoms with Crippen molar-refractivity contribution in [2.24, 2.45) is 0 Å². The van der Waals surface area contributed by atoms with Gasteiger partial charge < -0.3 is 11.1 Å². The minimum absolute atomic E-state index is 0.693. The summed E-state index contributed by atoms with van der Waals surface area (Å²) in [4.78, 5) is 4.40. The molecule has 0 bridgehead atoms. The van der Waals surface area contributed by atoms with Crippen molar-refractivity contribution in [2.45, 2.75) is 20.8 Å². The molecule has 1 heterocycles. The van der Waals surface area contributed by atoms with Gasteiger partial charge in [0.25, 0.3) is 0 Å². The van der Waals surface area contributed by atoms with Crippen LogP contribution in [0.4, 0.5) is 11.4 Å². The number of benzene rings is 1. The highest BCUT2D eigenvalue weighted by Gasteiger charge is 2.12. The van der Waals surface area contributed by atoms with Gasteiger partial charge in [0.15, 0.2) is 0 Å². The van der Waals surface area contributed by atoms with E-state index in [0.717, 1.165) is 27.6 Å². The molecule has 0 amide bonds. The highest BCUT2D eigenvalue weighted by Crippen LogP contribution is 2.35. The molecule has 90 valence electrons. The fraction of sp³-hybridized carbons (Fsp3) is 0.308. The average molecular weight is 294 g/mol. The lowest BCUT2D eigenvalue weighted by atomic mass is 10.0. The molecule has 0 atom stereocenters. The van der Waals surface area contributed by atoms with Gasteiger partial charge in [-0.1, -0.05) is 15.9 Å². The Morgan fingerprint density at radius 1 is 1.41 bits per heavy atom. The van der Waals surface area contributed by atoms with Gasteiger partial charge >= 0.3 is 0 Å². The van der Waals surface area contributed by atoms with Crippen LogP contribution in [0.3, 0.4) is 0 Å². The third kappa shape index (κ3) is 1.97. The third-order valence-corrected chi connectivity index (χ3v) is 4.11. The summed E-state index contributed by atoms with van der Waals surface area (Å²) in [5.41, 5.74) is 11.0. The van der Waals surface area contributed by atoms with E-state index >= 15 is 0 Å². The van der Waals surface area contributed by atoms with Gasteiger partial charge in [-0.3, -0.25) is 4.98 Å². The van der Waals surface area contributed by atoms with Crippen molar-refractivity contribution in [3.63, 3.8) is 0 Å². The number of nitrogens with zero attached hydrogens (tertiary/aromatic N) is 1. The summed E-state index contributed by atoms with van der Waals surface area (Å²) < 4.78 is 1.12. The molecule has 0 saturated carbocycles. The molecule has 0 aliphatic rings. The van der Waals surface area contributed by atoms with E-state index in [2.05, 4.69) is 53.1 Å². The fourth-order valence-corrected chi connectivity index (χ4v) is 2.38. The number of nitrogens with one attached hydrogen (secondary N) is 1. The molecule has 1 aromatic heterocycles. The summed E-state index contributed by atoms with van der Waals surface area (Å²) in [7, 11) is 0. The number of pyridine rings is 1. The predicted octanol–water partition coefficient (Wildman–Crippen LogP) is 3.63. The molecule has 17 heavy (non-hydrogen) atoms. The Kier molecular flexibility index (Phi) is 3.24. The minimum Gasteiger partial charge on any atom is -0.396 e. The molecule has 0 fully saturated rings. The number of fused-ring (bicyclic) bond motifs is 1. The Bertz CT molecular complexity index is 579. The van der Waals surface area contributed by atoms with Crippen LogP contribution in [-0.4, -0.2) is 11.5 Å². The van der Waals surface area contributed by atoms with Crippen LogP contribution in [-0.2, 0) is 0 Å². The number of aryl methyl sites for hydroxylation is 2. The standard InChI is InChI=1S/C13H16BrN3/c1-4-16-13-9(15)6-17-10-5-7(2)12(14)8(3)11(10)13/h5-6H,4,15H2,1-3H3,(H,16,17). The zero-order chi connectivity index (χ0) is 12.6. The van der Waals surface area contributed by atoms with Crippen LogP contribution in [0.25, 0.3) is 10.9 Å². The highest BCUT2D eigenvalue weighted by molar-refractivity contribution is 9.10. The van der Waals surface area contributed by atoms with Gasteiger partial charge in [-0.15, -0.1) is 0 Å². The van der Waals surface area contributed by atoms with Gasteiger partial charge in [-0.05, 0) is 38.0 Å². The van der Waals surface area contributed by atoms with Crippen LogP contribution >= 0.6 is 15.9 Å². The van der Waals surface area contributed by atoms with Gasteiger partial charge in [-0.25, -0.2) is 0 Å². The molecule has 3 nitrogen and oxygen atoms in total. The monoisotopic (exact) mass is 293 g/mol. The number of halogens is 1. The van der Waals surface area contributed by atoms with Gasteiger partial charge in [0, 0.05) is 16.4 Å². The van der Waals surface area contributed by atoms with Gasteiger partial charge in [0.2, 0.25) is 0 Å². The van der Waals surface area contributed by atoms with E-state index in [4.69, 9.17) is 5.73 Å². The Morgan fingerprint density at radius 2 is 2.12 bits per heavy atom. The average Bonchev–Trinajstić information content (AvgIpc) is 2.30. The van der Waals surface area contributed by atoms with Crippen LogP contribution in [0, 0.1) is 13.8 Å². The summed E-state index contributed by atoms with van der Waals surface area (Å²) >= 11 is 3.61. The number of rotatable bonds is 2. The highest BCUT2D eigenvalue weighted by atomic mass is 79.9. The number of aromatic nitrogens is 1.